The quantitative estimate of drug-likeness (QED) is 0.707. The minimum Gasteiger partial charge on any atom is -0.490 e. The number of hydrogen-bond donors (Lipinski definition) is 3. The van der Waals surface area contributed by atoms with E-state index in [9.17, 15) is 9.59 Å². The summed E-state index contributed by atoms with van der Waals surface area (Å²) in [6, 6.07) is 5.72. The van der Waals surface area contributed by atoms with Crippen LogP contribution in [0, 0.1) is 0 Å². The van der Waals surface area contributed by atoms with Crippen LogP contribution >= 0.6 is 0 Å². The standard InChI is InChI=1S/C15H21N3O3/c1-10-7-13-8-12(3-4-14(13)21-10)9-18-15(20)17-6-5-16-11(2)19/h3-4,8,10H,5-7,9H2,1-2H3,(H,16,19)(H2,17,18,20)/t10-/m0/s1. The van der Waals surface area contributed by atoms with Crippen molar-refractivity contribution in [1.82, 2.24) is 16.0 Å². The number of urea groups is 1. The van der Waals surface area contributed by atoms with Gasteiger partial charge >= 0.3 is 6.03 Å². The molecular formula is C15H21N3O3. The molecule has 0 saturated carbocycles. The average Bonchev–Trinajstić information content (AvgIpc) is 2.80. The lowest BCUT2D eigenvalue weighted by molar-refractivity contribution is -0.118. The second-order valence-electron chi connectivity index (χ2n) is 5.17. The Morgan fingerprint density at radius 3 is 2.76 bits per heavy atom. The third-order valence-electron chi connectivity index (χ3n) is 3.20. The van der Waals surface area contributed by atoms with E-state index in [2.05, 4.69) is 22.0 Å². The van der Waals surface area contributed by atoms with Crippen LogP contribution in [-0.4, -0.2) is 31.1 Å². The number of fused-ring (bicyclic) bond motifs is 1. The maximum Gasteiger partial charge on any atom is 0.315 e. The van der Waals surface area contributed by atoms with Crippen molar-refractivity contribution in [1.29, 1.82) is 0 Å². The second-order valence-corrected chi connectivity index (χ2v) is 5.17. The predicted molar refractivity (Wildman–Crippen MR) is 79.2 cm³/mol. The van der Waals surface area contributed by atoms with Gasteiger partial charge in [-0.05, 0) is 24.1 Å². The Balaban J connectivity index is 1.72. The molecule has 1 heterocycles. The van der Waals surface area contributed by atoms with Gasteiger partial charge in [0.2, 0.25) is 5.91 Å². The Morgan fingerprint density at radius 1 is 1.24 bits per heavy atom. The number of carbonyl (C=O) groups is 2. The van der Waals surface area contributed by atoms with E-state index < -0.39 is 0 Å². The Morgan fingerprint density at radius 2 is 2.00 bits per heavy atom. The monoisotopic (exact) mass is 291 g/mol. The van der Waals surface area contributed by atoms with E-state index in [1.54, 1.807) is 0 Å². The molecule has 1 atom stereocenters. The third kappa shape index (κ3) is 4.66. The molecule has 0 spiro atoms. The molecule has 0 aromatic heterocycles. The highest BCUT2D eigenvalue weighted by atomic mass is 16.5. The maximum absolute atomic E-state index is 11.6. The molecule has 0 unspecified atom stereocenters. The van der Waals surface area contributed by atoms with Gasteiger partial charge in [-0.2, -0.15) is 0 Å². The molecule has 2 rings (SSSR count). The lowest BCUT2D eigenvalue weighted by Crippen LogP contribution is -2.39. The van der Waals surface area contributed by atoms with Crippen molar-refractivity contribution in [2.24, 2.45) is 0 Å². The summed E-state index contributed by atoms with van der Waals surface area (Å²) in [5, 5.41) is 8.08. The number of nitrogens with one attached hydrogen (secondary N) is 3. The van der Waals surface area contributed by atoms with E-state index in [0.29, 0.717) is 19.6 Å². The van der Waals surface area contributed by atoms with Gasteiger partial charge in [0.15, 0.2) is 0 Å². The summed E-state index contributed by atoms with van der Waals surface area (Å²) in [6.45, 7) is 4.78. The van der Waals surface area contributed by atoms with Crippen molar-refractivity contribution in [2.75, 3.05) is 13.1 Å². The van der Waals surface area contributed by atoms with Crippen LogP contribution in [0.5, 0.6) is 5.75 Å². The minimum absolute atomic E-state index is 0.105. The fourth-order valence-electron chi connectivity index (χ4n) is 2.24. The number of rotatable bonds is 5. The number of ether oxygens (including phenoxy) is 1. The smallest absolute Gasteiger partial charge is 0.315 e. The minimum atomic E-state index is -0.245. The first-order valence-corrected chi connectivity index (χ1v) is 7.09. The predicted octanol–water partition coefficient (Wildman–Crippen LogP) is 0.945. The van der Waals surface area contributed by atoms with Crippen LogP contribution in [-0.2, 0) is 17.8 Å². The summed E-state index contributed by atoms with van der Waals surface area (Å²) < 4.78 is 5.64. The lowest BCUT2D eigenvalue weighted by atomic mass is 10.1. The van der Waals surface area contributed by atoms with Crippen molar-refractivity contribution < 1.29 is 14.3 Å². The van der Waals surface area contributed by atoms with Crippen LogP contribution in [0.2, 0.25) is 0 Å². The summed E-state index contributed by atoms with van der Waals surface area (Å²) >= 11 is 0. The van der Waals surface area contributed by atoms with Gasteiger partial charge in [-0.25, -0.2) is 4.79 Å². The zero-order chi connectivity index (χ0) is 15.2. The average molecular weight is 291 g/mol. The van der Waals surface area contributed by atoms with Gasteiger partial charge < -0.3 is 20.7 Å². The molecule has 1 aromatic rings. The first-order chi connectivity index (χ1) is 10.0. The summed E-state index contributed by atoms with van der Waals surface area (Å²) in [4.78, 5) is 22.3. The molecule has 3 N–H and O–H groups in total. The number of hydrogen-bond acceptors (Lipinski definition) is 3. The highest BCUT2D eigenvalue weighted by Gasteiger charge is 2.18. The molecule has 1 aromatic carbocycles. The van der Waals surface area contributed by atoms with E-state index in [1.807, 2.05) is 19.1 Å². The van der Waals surface area contributed by atoms with Crippen LogP contribution in [0.3, 0.4) is 0 Å². The van der Waals surface area contributed by atoms with Crippen molar-refractivity contribution >= 4 is 11.9 Å². The first-order valence-electron chi connectivity index (χ1n) is 7.09. The summed E-state index contributed by atoms with van der Waals surface area (Å²) in [6.07, 6.45) is 1.13. The van der Waals surface area contributed by atoms with Gasteiger partial charge in [0, 0.05) is 33.0 Å². The topological polar surface area (TPSA) is 79.5 Å². The Kier molecular flexibility index (Phi) is 5.03. The second kappa shape index (κ2) is 6.97. The molecule has 0 bridgehead atoms. The van der Waals surface area contributed by atoms with Crippen molar-refractivity contribution in [3.8, 4) is 5.75 Å². The first kappa shape index (κ1) is 15.2. The van der Waals surface area contributed by atoms with Gasteiger partial charge in [-0.15, -0.1) is 0 Å². The zero-order valence-electron chi connectivity index (χ0n) is 12.4. The van der Waals surface area contributed by atoms with E-state index in [0.717, 1.165) is 17.7 Å². The maximum atomic E-state index is 11.6. The normalized spacial score (nSPS) is 15.8. The third-order valence-corrected chi connectivity index (χ3v) is 3.20. The molecule has 1 aliphatic heterocycles. The fraction of sp³-hybridized carbons (Fsp3) is 0.467. The summed E-state index contributed by atoms with van der Waals surface area (Å²) in [5.74, 6) is 0.831. The molecule has 0 radical (unpaired) electrons. The Bertz CT molecular complexity index is 531. The van der Waals surface area contributed by atoms with Gasteiger partial charge in [-0.1, -0.05) is 12.1 Å². The molecule has 6 nitrogen and oxygen atoms in total. The highest BCUT2D eigenvalue weighted by molar-refractivity contribution is 5.74. The fourth-order valence-corrected chi connectivity index (χ4v) is 2.24. The van der Waals surface area contributed by atoms with Crippen molar-refractivity contribution in [3.05, 3.63) is 29.3 Å². The van der Waals surface area contributed by atoms with E-state index in [1.165, 1.54) is 12.5 Å². The molecule has 0 fully saturated rings. The van der Waals surface area contributed by atoms with Crippen LogP contribution in [0.1, 0.15) is 25.0 Å². The van der Waals surface area contributed by atoms with Gasteiger partial charge in [0.05, 0.1) is 0 Å². The van der Waals surface area contributed by atoms with Crippen LogP contribution in [0.25, 0.3) is 0 Å². The Hall–Kier alpha value is -2.24. The zero-order valence-corrected chi connectivity index (χ0v) is 12.4. The molecular weight excluding hydrogens is 270 g/mol. The number of amides is 3. The summed E-state index contributed by atoms with van der Waals surface area (Å²) in [5.41, 5.74) is 2.23. The number of carbonyl (C=O) groups excluding carboxylic acids is 2. The SMILES string of the molecule is CC(=O)NCCNC(=O)NCc1ccc2c(c1)C[C@H](C)O2. The molecule has 3 amide bonds. The molecule has 114 valence electrons. The molecule has 21 heavy (non-hydrogen) atoms. The van der Waals surface area contributed by atoms with Gasteiger partial charge in [0.1, 0.15) is 11.9 Å². The summed E-state index contributed by atoms with van der Waals surface area (Å²) in [7, 11) is 0. The van der Waals surface area contributed by atoms with Crippen LogP contribution in [0.4, 0.5) is 4.79 Å². The van der Waals surface area contributed by atoms with Gasteiger partial charge in [-0.3, -0.25) is 4.79 Å². The highest BCUT2D eigenvalue weighted by Crippen LogP contribution is 2.29. The van der Waals surface area contributed by atoms with Crippen molar-refractivity contribution in [3.63, 3.8) is 0 Å². The Labute approximate surface area is 124 Å². The molecule has 6 heteroatoms. The van der Waals surface area contributed by atoms with Crippen LogP contribution < -0.4 is 20.7 Å². The number of benzene rings is 1. The van der Waals surface area contributed by atoms with Crippen molar-refractivity contribution in [2.45, 2.75) is 32.9 Å². The largest absolute Gasteiger partial charge is 0.490 e. The van der Waals surface area contributed by atoms with Crippen LogP contribution in [0.15, 0.2) is 18.2 Å². The molecule has 1 aliphatic rings. The van der Waals surface area contributed by atoms with E-state index >= 15 is 0 Å². The van der Waals surface area contributed by atoms with E-state index in [4.69, 9.17) is 4.74 Å². The van der Waals surface area contributed by atoms with Gasteiger partial charge in [0.25, 0.3) is 0 Å². The molecule has 0 aliphatic carbocycles. The molecule has 0 saturated heterocycles. The lowest BCUT2D eigenvalue weighted by Gasteiger charge is -2.09. The van der Waals surface area contributed by atoms with E-state index in [-0.39, 0.29) is 18.0 Å².